The van der Waals surface area contributed by atoms with Gasteiger partial charge in [0.25, 0.3) is 0 Å². The first-order valence-corrected chi connectivity index (χ1v) is 7.03. The monoisotopic (exact) mass is 318 g/mol. The first kappa shape index (κ1) is 18.3. The molecule has 0 fully saturated rings. The van der Waals surface area contributed by atoms with Crippen LogP contribution < -0.4 is 10.6 Å². The Hall–Kier alpha value is -1.76. The molecule has 0 aliphatic carbocycles. The smallest absolute Gasteiger partial charge is 0.394 e. The quantitative estimate of drug-likeness (QED) is 0.755. The number of amides is 2. The number of hydrogen-bond acceptors (Lipinski definition) is 2. The topological polar surface area (TPSA) is 61.4 Å². The van der Waals surface area contributed by atoms with Crippen molar-refractivity contribution >= 4 is 6.03 Å². The Labute approximate surface area is 127 Å². The van der Waals surface area contributed by atoms with Crippen LogP contribution in [0.4, 0.5) is 18.0 Å². The minimum Gasteiger partial charge on any atom is -0.394 e. The van der Waals surface area contributed by atoms with Crippen LogP contribution in [0.3, 0.4) is 0 Å². The molecule has 0 saturated carbocycles. The van der Waals surface area contributed by atoms with E-state index in [4.69, 9.17) is 5.11 Å². The Morgan fingerprint density at radius 2 is 2.00 bits per heavy atom. The minimum absolute atomic E-state index is 0.0183. The van der Waals surface area contributed by atoms with Crippen molar-refractivity contribution in [2.75, 3.05) is 6.61 Å². The summed E-state index contributed by atoms with van der Waals surface area (Å²) in [6.45, 7) is 3.72. The van der Waals surface area contributed by atoms with Crippen molar-refractivity contribution in [2.24, 2.45) is 5.92 Å². The van der Waals surface area contributed by atoms with Crippen LogP contribution in [-0.4, -0.2) is 23.8 Å². The second-order valence-corrected chi connectivity index (χ2v) is 5.53. The van der Waals surface area contributed by atoms with Crippen molar-refractivity contribution in [1.82, 2.24) is 10.6 Å². The van der Waals surface area contributed by atoms with Crippen LogP contribution in [0.2, 0.25) is 0 Å². The summed E-state index contributed by atoms with van der Waals surface area (Å²) in [6, 6.07) is 3.89. The van der Waals surface area contributed by atoms with Crippen molar-refractivity contribution in [2.45, 2.75) is 39.0 Å². The lowest BCUT2D eigenvalue weighted by Crippen LogP contribution is -2.44. The molecule has 7 heteroatoms. The number of urea groups is 1. The second kappa shape index (κ2) is 8.03. The molecule has 22 heavy (non-hydrogen) atoms. The maximum atomic E-state index is 12.6. The number of rotatable bonds is 6. The normalized spacial score (nSPS) is 13.0. The van der Waals surface area contributed by atoms with Gasteiger partial charge in [0.15, 0.2) is 0 Å². The average molecular weight is 318 g/mol. The minimum atomic E-state index is -4.41. The van der Waals surface area contributed by atoms with Crippen LogP contribution in [0.5, 0.6) is 0 Å². The van der Waals surface area contributed by atoms with Gasteiger partial charge in [-0.1, -0.05) is 26.0 Å². The first-order chi connectivity index (χ1) is 10.2. The number of alkyl halides is 3. The van der Waals surface area contributed by atoms with Gasteiger partial charge in [-0.15, -0.1) is 0 Å². The summed E-state index contributed by atoms with van der Waals surface area (Å²) >= 11 is 0. The molecule has 0 spiro atoms. The van der Waals surface area contributed by atoms with Crippen LogP contribution >= 0.6 is 0 Å². The van der Waals surface area contributed by atoms with Crippen LogP contribution in [0.15, 0.2) is 24.3 Å². The molecule has 0 saturated heterocycles. The van der Waals surface area contributed by atoms with E-state index in [0.717, 1.165) is 12.1 Å². The Kier molecular flexibility index (Phi) is 6.67. The maximum absolute atomic E-state index is 12.6. The van der Waals surface area contributed by atoms with Crippen molar-refractivity contribution in [3.05, 3.63) is 35.4 Å². The second-order valence-electron chi connectivity index (χ2n) is 5.53. The molecular weight excluding hydrogens is 297 g/mol. The third kappa shape index (κ3) is 6.34. The van der Waals surface area contributed by atoms with Crippen molar-refractivity contribution in [3.8, 4) is 0 Å². The van der Waals surface area contributed by atoms with Gasteiger partial charge in [0, 0.05) is 6.54 Å². The average Bonchev–Trinajstić information content (AvgIpc) is 2.43. The van der Waals surface area contributed by atoms with Crippen LogP contribution in [0, 0.1) is 5.92 Å². The van der Waals surface area contributed by atoms with Crippen molar-refractivity contribution in [3.63, 3.8) is 0 Å². The Balaban J connectivity index is 2.54. The van der Waals surface area contributed by atoms with E-state index in [1.807, 2.05) is 13.8 Å². The molecule has 0 radical (unpaired) electrons. The zero-order valence-corrected chi connectivity index (χ0v) is 12.6. The molecule has 1 unspecified atom stereocenters. The van der Waals surface area contributed by atoms with E-state index in [9.17, 15) is 18.0 Å². The lowest BCUT2D eigenvalue weighted by Gasteiger charge is -2.18. The summed E-state index contributed by atoms with van der Waals surface area (Å²) in [5.74, 6) is 0.306. The summed E-state index contributed by atoms with van der Waals surface area (Å²) in [6.07, 6.45) is -3.79. The van der Waals surface area contributed by atoms with E-state index in [1.165, 1.54) is 12.1 Å². The number of carbonyl (C=O) groups excluding carboxylic acids is 1. The number of aliphatic hydroxyl groups is 1. The fraction of sp³-hybridized carbons (Fsp3) is 0.533. The third-order valence-electron chi connectivity index (χ3n) is 3.02. The molecule has 0 heterocycles. The highest BCUT2D eigenvalue weighted by molar-refractivity contribution is 5.74. The molecule has 1 atom stereocenters. The van der Waals surface area contributed by atoms with Gasteiger partial charge in [0.2, 0.25) is 0 Å². The molecule has 0 aromatic heterocycles. The molecule has 1 aromatic carbocycles. The Bertz CT molecular complexity index is 490. The number of carbonyl (C=O) groups is 1. The predicted molar refractivity (Wildman–Crippen MR) is 77.1 cm³/mol. The summed E-state index contributed by atoms with van der Waals surface area (Å²) in [5, 5.41) is 14.2. The molecule has 1 rings (SSSR count). The molecule has 4 nitrogen and oxygen atoms in total. The zero-order valence-electron chi connectivity index (χ0n) is 12.6. The highest BCUT2D eigenvalue weighted by atomic mass is 19.4. The molecular formula is C15H21F3N2O2. The predicted octanol–water partition coefficient (Wildman–Crippen LogP) is 2.91. The lowest BCUT2D eigenvalue weighted by atomic mass is 10.0. The molecule has 1 aromatic rings. The number of halogens is 3. The molecule has 3 N–H and O–H groups in total. The van der Waals surface area contributed by atoms with E-state index < -0.39 is 17.8 Å². The fourth-order valence-electron chi connectivity index (χ4n) is 2.02. The highest BCUT2D eigenvalue weighted by Crippen LogP contribution is 2.29. The molecule has 0 bridgehead atoms. The Morgan fingerprint density at radius 3 is 2.55 bits per heavy atom. The maximum Gasteiger partial charge on any atom is 0.416 e. The van der Waals surface area contributed by atoms with Gasteiger partial charge in [-0.2, -0.15) is 13.2 Å². The van der Waals surface area contributed by atoms with Gasteiger partial charge < -0.3 is 15.7 Å². The van der Waals surface area contributed by atoms with Gasteiger partial charge in [-0.05, 0) is 30.0 Å². The van der Waals surface area contributed by atoms with Crippen LogP contribution in [0.1, 0.15) is 31.4 Å². The van der Waals surface area contributed by atoms with E-state index in [2.05, 4.69) is 10.6 Å². The van der Waals surface area contributed by atoms with Gasteiger partial charge >= 0.3 is 12.2 Å². The Morgan fingerprint density at radius 1 is 1.32 bits per heavy atom. The molecule has 2 amide bonds. The van der Waals surface area contributed by atoms with Crippen molar-refractivity contribution in [1.29, 1.82) is 0 Å². The summed E-state index contributed by atoms with van der Waals surface area (Å²) in [5.41, 5.74) is -0.394. The lowest BCUT2D eigenvalue weighted by molar-refractivity contribution is -0.137. The highest BCUT2D eigenvalue weighted by Gasteiger charge is 2.30. The SMILES string of the molecule is CC(C)CC(CO)NC(=O)NCc1cccc(C(F)(F)F)c1. The van der Waals surface area contributed by atoms with Gasteiger partial charge in [0.05, 0.1) is 18.2 Å². The van der Waals surface area contributed by atoms with E-state index in [-0.39, 0.29) is 19.2 Å². The van der Waals surface area contributed by atoms with E-state index >= 15 is 0 Å². The standard InChI is InChI=1S/C15H21F3N2O2/c1-10(2)6-13(9-21)20-14(22)19-8-11-4-3-5-12(7-11)15(16,17)18/h3-5,7,10,13,21H,6,8-9H2,1-2H3,(H2,19,20,22). The third-order valence-corrected chi connectivity index (χ3v) is 3.02. The van der Waals surface area contributed by atoms with Crippen molar-refractivity contribution < 1.29 is 23.1 Å². The van der Waals surface area contributed by atoms with E-state index in [0.29, 0.717) is 17.9 Å². The fourth-order valence-corrected chi connectivity index (χ4v) is 2.02. The molecule has 0 aliphatic heterocycles. The van der Waals surface area contributed by atoms with Gasteiger partial charge in [-0.25, -0.2) is 4.79 Å². The largest absolute Gasteiger partial charge is 0.416 e. The summed E-state index contributed by atoms with van der Waals surface area (Å²) in [4.78, 5) is 11.7. The summed E-state index contributed by atoms with van der Waals surface area (Å²) < 4.78 is 37.7. The zero-order chi connectivity index (χ0) is 16.8. The van der Waals surface area contributed by atoms with E-state index in [1.54, 1.807) is 0 Å². The van der Waals surface area contributed by atoms with Crippen LogP contribution in [-0.2, 0) is 12.7 Å². The molecule has 0 aliphatic rings. The van der Waals surface area contributed by atoms with Crippen LogP contribution in [0.25, 0.3) is 0 Å². The number of benzene rings is 1. The summed E-state index contributed by atoms with van der Waals surface area (Å²) in [7, 11) is 0. The first-order valence-electron chi connectivity index (χ1n) is 7.03. The number of aliphatic hydroxyl groups excluding tert-OH is 1. The van der Waals surface area contributed by atoms with Gasteiger partial charge in [0.1, 0.15) is 0 Å². The number of nitrogens with one attached hydrogen (secondary N) is 2. The number of hydrogen-bond donors (Lipinski definition) is 3. The molecule has 124 valence electrons. The van der Waals surface area contributed by atoms with Gasteiger partial charge in [-0.3, -0.25) is 0 Å².